The van der Waals surface area contributed by atoms with Crippen molar-refractivity contribution in [1.29, 1.82) is 0 Å². The van der Waals surface area contributed by atoms with Gasteiger partial charge in [-0.1, -0.05) is 168 Å². The summed E-state index contributed by atoms with van der Waals surface area (Å²) in [6.07, 6.45) is 42.3. The van der Waals surface area contributed by atoms with Crippen molar-refractivity contribution >= 4 is 12.2 Å². The van der Waals surface area contributed by atoms with Crippen molar-refractivity contribution in [2.75, 3.05) is 26.2 Å². The topological polar surface area (TPSA) is 51.1 Å². The summed E-state index contributed by atoms with van der Waals surface area (Å²) in [5.74, 6) is -0.000305. The molecule has 0 unspecified atom stereocenters. The summed E-state index contributed by atoms with van der Waals surface area (Å²) in [5.41, 5.74) is 0. The zero-order valence-electron chi connectivity index (χ0n) is 33.2. The molecule has 0 bridgehead atoms. The number of oxime groups is 1. The van der Waals surface area contributed by atoms with E-state index >= 15 is 0 Å². The van der Waals surface area contributed by atoms with Crippen molar-refractivity contribution in [3.8, 4) is 0 Å². The zero-order valence-corrected chi connectivity index (χ0v) is 33.2. The molecule has 0 N–H and O–H groups in total. The largest absolute Gasteiger partial charge is 0.466 e. The van der Waals surface area contributed by atoms with Crippen LogP contribution in [0.2, 0.25) is 0 Å². The van der Waals surface area contributed by atoms with Crippen molar-refractivity contribution in [2.45, 2.75) is 239 Å². The minimum atomic E-state index is -0.000305. The standard InChI is InChI=1S/C43H86N2O3/c1-5-9-12-15-18-19-20-26-34-41-47-43(46)37-30-27-33-40-45(8-4)39-32-25-21-24-31-38-44-48-42(35-28-22-16-13-10-6-2)36-29-23-17-14-11-7-3/h38,42H,5-37,39-41H2,1-4H3/b44-38+. The summed E-state index contributed by atoms with van der Waals surface area (Å²) in [5, 5.41) is 4.42. The first kappa shape index (κ1) is 46.9. The molecule has 0 heterocycles. The van der Waals surface area contributed by atoms with E-state index in [4.69, 9.17) is 9.57 Å². The molecule has 0 aromatic rings. The summed E-state index contributed by atoms with van der Waals surface area (Å²) in [7, 11) is 0. The second-order valence-electron chi connectivity index (χ2n) is 14.6. The van der Waals surface area contributed by atoms with Crippen LogP contribution < -0.4 is 0 Å². The molecular formula is C43H86N2O3. The number of ether oxygens (including phenoxy) is 1. The third kappa shape index (κ3) is 36.2. The second kappa shape index (κ2) is 40.3. The molecule has 0 aromatic carbocycles. The molecule has 0 saturated heterocycles. The van der Waals surface area contributed by atoms with Gasteiger partial charge >= 0.3 is 5.97 Å². The highest BCUT2D eigenvalue weighted by Crippen LogP contribution is 2.17. The van der Waals surface area contributed by atoms with Gasteiger partial charge in [-0.05, 0) is 83.8 Å². The third-order valence-corrected chi connectivity index (χ3v) is 9.91. The molecule has 0 aromatic heterocycles. The van der Waals surface area contributed by atoms with Crippen LogP contribution in [0.3, 0.4) is 0 Å². The lowest BCUT2D eigenvalue weighted by Crippen LogP contribution is -2.25. The number of unbranched alkanes of at least 4 members (excludes halogenated alkanes) is 24. The van der Waals surface area contributed by atoms with Crippen LogP contribution in [-0.2, 0) is 14.4 Å². The van der Waals surface area contributed by atoms with Crippen LogP contribution in [0.1, 0.15) is 233 Å². The molecule has 48 heavy (non-hydrogen) atoms. The van der Waals surface area contributed by atoms with Crippen molar-refractivity contribution in [2.24, 2.45) is 5.16 Å². The maximum Gasteiger partial charge on any atom is 0.305 e. The predicted molar refractivity (Wildman–Crippen MR) is 211 cm³/mol. The Balaban J connectivity index is 3.82. The van der Waals surface area contributed by atoms with Gasteiger partial charge in [-0.3, -0.25) is 4.79 Å². The van der Waals surface area contributed by atoms with Gasteiger partial charge in [0.2, 0.25) is 0 Å². The van der Waals surface area contributed by atoms with Crippen LogP contribution in [0.5, 0.6) is 0 Å². The average molecular weight is 679 g/mol. The Morgan fingerprint density at radius 2 is 0.979 bits per heavy atom. The van der Waals surface area contributed by atoms with Gasteiger partial charge in [0, 0.05) is 12.6 Å². The minimum Gasteiger partial charge on any atom is -0.466 e. The molecule has 0 aliphatic heterocycles. The molecule has 0 atom stereocenters. The quantitative estimate of drug-likeness (QED) is 0.0280. The molecule has 5 heteroatoms. The van der Waals surface area contributed by atoms with Gasteiger partial charge in [-0.2, -0.15) is 0 Å². The number of carbonyl (C=O) groups excluding carboxylic acids is 1. The fourth-order valence-electron chi connectivity index (χ4n) is 6.54. The highest BCUT2D eigenvalue weighted by molar-refractivity contribution is 5.69. The summed E-state index contributed by atoms with van der Waals surface area (Å²) in [6, 6.07) is 0. The third-order valence-electron chi connectivity index (χ3n) is 9.91. The van der Waals surface area contributed by atoms with Gasteiger partial charge in [0.25, 0.3) is 0 Å². The Bertz CT molecular complexity index is 640. The van der Waals surface area contributed by atoms with Gasteiger partial charge in [-0.15, -0.1) is 0 Å². The van der Waals surface area contributed by atoms with Crippen molar-refractivity contribution < 1.29 is 14.4 Å². The minimum absolute atomic E-state index is 0.000305. The molecule has 286 valence electrons. The van der Waals surface area contributed by atoms with E-state index in [2.05, 4.69) is 37.8 Å². The highest BCUT2D eigenvalue weighted by atomic mass is 16.6. The van der Waals surface area contributed by atoms with Crippen LogP contribution in [0.4, 0.5) is 0 Å². The lowest BCUT2D eigenvalue weighted by atomic mass is 10.0. The summed E-state index contributed by atoms with van der Waals surface area (Å²) in [4.78, 5) is 20.6. The number of carbonyl (C=O) groups is 1. The van der Waals surface area contributed by atoms with E-state index in [0.29, 0.717) is 19.1 Å². The Hall–Kier alpha value is -1.10. The highest BCUT2D eigenvalue weighted by Gasteiger charge is 2.10. The molecule has 0 radical (unpaired) electrons. The molecule has 0 rings (SSSR count). The fourth-order valence-corrected chi connectivity index (χ4v) is 6.54. The first-order chi connectivity index (χ1) is 23.7. The van der Waals surface area contributed by atoms with E-state index in [1.807, 2.05) is 6.21 Å². The van der Waals surface area contributed by atoms with Crippen LogP contribution >= 0.6 is 0 Å². The number of esters is 1. The lowest BCUT2D eigenvalue weighted by Gasteiger charge is -2.20. The van der Waals surface area contributed by atoms with Crippen LogP contribution in [0.25, 0.3) is 0 Å². The second-order valence-corrected chi connectivity index (χ2v) is 14.6. The van der Waals surface area contributed by atoms with Gasteiger partial charge in [0.15, 0.2) is 0 Å². The van der Waals surface area contributed by atoms with E-state index < -0.39 is 0 Å². The molecule has 0 spiro atoms. The van der Waals surface area contributed by atoms with Gasteiger partial charge in [0.1, 0.15) is 6.10 Å². The normalized spacial score (nSPS) is 11.8. The maximum absolute atomic E-state index is 12.0. The number of hydrogen-bond donors (Lipinski definition) is 0. The van der Waals surface area contributed by atoms with E-state index in [9.17, 15) is 4.79 Å². The molecule has 0 fully saturated rings. The van der Waals surface area contributed by atoms with Crippen LogP contribution in [0, 0.1) is 0 Å². The lowest BCUT2D eigenvalue weighted by molar-refractivity contribution is -0.143. The Kier molecular flexibility index (Phi) is 39.4. The number of hydrogen-bond acceptors (Lipinski definition) is 5. The molecular weight excluding hydrogens is 592 g/mol. The zero-order chi connectivity index (χ0) is 35.0. The molecule has 0 aliphatic rings. The molecule has 0 aliphatic carbocycles. The number of nitrogens with zero attached hydrogens (tertiary/aromatic N) is 2. The Morgan fingerprint density at radius 1 is 0.542 bits per heavy atom. The van der Waals surface area contributed by atoms with E-state index in [1.54, 1.807) is 0 Å². The first-order valence-corrected chi connectivity index (χ1v) is 21.7. The van der Waals surface area contributed by atoms with Crippen molar-refractivity contribution in [3.05, 3.63) is 0 Å². The van der Waals surface area contributed by atoms with Gasteiger partial charge in [0.05, 0.1) is 6.61 Å². The van der Waals surface area contributed by atoms with Gasteiger partial charge < -0.3 is 14.5 Å². The fraction of sp³-hybridized carbons (Fsp3) is 0.953. The SMILES string of the molecule is CCCCCCCCCCCOC(=O)CCCCCN(CC)CCCCCC/C=N/OC(CCCCCCCC)CCCCCCCC. The molecule has 0 saturated carbocycles. The van der Waals surface area contributed by atoms with Crippen LogP contribution in [-0.4, -0.2) is 49.4 Å². The summed E-state index contributed by atoms with van der Waals surface area (Å²) >= 11 is 0. The van der Waals surface area contributed by atoms with E-state index in [0.717, 1.165) is 38.8 Å². The van der Waals surface area contributed by atoms with Gasteiger partial charge in [-0.25, -0.2) is 0 Å². The maximum atomic E-state index is 12.0. The number of rotatable bonds is 40. The Morgan fingerprint density at radius 3 is 1.50 bits per heavy atom. The first-order valence-electron chi connectivity index (χ1n) is 21.7. The van der Waals surface area contributed by atoms with E-state index in [1.165, 1.54) is 180 Å². The monoisotopic (exact) mass is 679 g/mol. The predicted octanol–water partition coefficient (Wildman–Crippen LogP) is 13.8. The van der Waals surface area contributed by atoms with Crippen LogP contribution in [0.15, 0.2) is 5.16 Å². The van der Waals surface area contributed by atoms with Crippen molar-refractivity contribution in [1.82, 2.24) is 4.90 Å². The molecule has 5 nitrogen and oxygen atoms in total. The summed E-state index contributed by atoms with van der Waals surface area (Å²) < 4.78 is 5.46. The van der Waals surface area contributed by atoms with Crippen molar-refractivity contribution in [3.63, 3.8) is 0 Å². The smallest absolute Gasteiger partial charge is 0.305 e. The Labute approximate surface area is 301 Å². The average Bonchev–Trinajstić information content (AvgIpc) is 3.09. The summed E-state index contributed by atoms with van der Waals surface area (Å²) in [6.45, 7) is 13.2. The molecule has 0 amide bonds. The van der Waals surface area contributed by atoms with E-state index in [-0.39, 0.29) is 5.97 Å².